The first-order chi connectivity index (χ1) is 10.6. The van der Waals surface area contributed by atoms with Gasteiger partial charge >= 0.3 is 0 Å². The Bertz CT molecular complexity index is 820. The fraction of sp³-hybridized carbons (Fsp3) is 0.0625. The molecule has 6 heteroatoms. The van der Waals surface area contributed by atoms with E-state index in [0.29, 0.717) is 5.69 Å². The molecule has 110 valence electrons. The molecule has 0 aliphatic heterocycles. The Hall–Kier alpha value is -2.73. The number of carbonyl (C=O) groups excluding carboxylic acids is 1. The molecule has 0 spiro atoms. The molecule has 2 aromatic carbocycles. The van der Waals surface area contributed by atoms with E-state index in [1.165, 1.54) is 12.1 Å². The molecule has 0 aliphatic rings. The molecule has 22 heavy (non-hydrogen) atoms. The van der Waals surface area contributed by atoms with E-state index in [1.54, 1.807) is 23.5 Å². The van der Waals surface area contributed by atoms with Crippen molar-refractivity contribution in [3.8, 4) is 0 Å². The maximum Gasteiger partial charge on any atom is 0.140 e. The third-order valence-corrected chi connectivity index (χ3v) is 4.22. The van der Waals surface area contributed by atoms with Gasteiger partial charge in [0.05, 0.1) is 27.6 Å². The third kappa shape index (κ3) is 2.96. The lowest BCUT2D eigenvalue weighted by Gasteiger charge is -2.04. The largest absolute Gasteiger partial charge is 0.545 e. The molecule has 1 N–H and O–H groups in total. The molecule has 0 aliphatic carbocycles. The van der Waals surface area contributed by atoms with Crippen LogP contribution in [0.15, 0.2) is 53.6 Å². The van der Waals surface area contributed by atoms with E-state index in [-0.39, 0.29) is 5.56 Å². The number of rotatable bonds is 4. The van der Waals surface area contributed by atoms with Crippen LogP contribution < -0.4 is 10.5 Å². The monoisotopic (exact) mass is 310 g/mol. The van der Waals surface area contributed by atoms with Gasteiger partial charge in [-0.25, -0.2) is 4.98 Å². The normalized spacial score (nSPS) is 11.6. The molecule has 0 atom stereocenters. The lowest BCUT2D eigenvalue weighted by atomic mass is 10.2. The number of nitrogens with one attached hydrogen (secondary N) is 1. The van der Waals surface area contributed by atoms with Gasteiger partial charge in [-0.3, -0.25) is 5.43 Å². The molecule has 0 radical (unpaired) electrons. The topological polar surface area (TPSA) is 77.4 Å². The summed E-state index contributed by atoms with van der Waals surface area (Å²) in [5.41, 5.74) is 5.45. The van der Waals surface area contributed by atoms with Crippen molar-refractivity contribution in [2.75, 3.05) is 5.43 Å². The van der Waals surface area contributed by atoms with Crippen LogP contribution in [0.4, 0.5) is 5.69 Å². The van der Waals surface area contributed by atoms with Gasteiger partial charge < -0.3 is 9.90 Å². The molecular weight excluding hydrogens is 298 g/mol. The van der Waals surface area contributed by atoms with E-state index in [4.69, 9.17) is 0 Å². The molecule has 1 heterocycles. The fourth-order valence-corrected chi connectivity index (χ4v) is 2.81. The number of benzene rings is 2. The van der Waals surface area contributed by atoms with Crippen molar-refractivity contribution in [1.29, 1.82) is 0 Å². The maximum absolute atomic E-state index is 10.7. The van der Waals surface area contributed by atoms with Crippen molar-refractivity contribution >= 4 is 38.9 Å². The number of carbonyl (C=O) groups is 1. The standard InChI is InChI=1S/C16H13N3O2S/c1-10(15-17-13-4-2-3-5-14(13)22-15)18-19-12-8-6-11(7-9-12)16(20)21/h2-9,19H,1H3,(H,20,21)/p-1/b18-10-. The van der Waals surface area contributed by atoms with E-state index in [1.807, 2.05) is 31.2 Å². The van der Waals surface area contributed by atoms with Gasteiger partial charge in [-0.1, -0.05) is 24.3 Å². The number of hydrogen-bond donors (Lipinski definition) is 1. The number of nitrogens with zero attached hydrogens (tertiary/aromatic N) is 2. The third-order valence-electron chi connectivity index (χ3n) is 3.08. The van der Waals surface area contributed by atoms with Gasteiger partial charge in [-0.2, -0.15) is 5.10 Å². The molecule has 0 amide bonds. The predicted molar refractivity (Wildman–Crippen MR) is 86.2 cm³/mol. The van der Waals surface area contributed by atoms with Crippen LogP contribution in [-0.2, 0) is 0 Å². The molecule has 5 nitrogen and oxygen atoms in total. The number of hydrazone groups is 1. The van der Waals surface area contributed by atoms with Crippen molar-refractivity contribution in [2.24, 2.45) is 5.10 Å². The summed E-state index contributed by atoms with van der Waals surface area (Å²) in [6, 6.07) is 14.1. The number of para-hydroxylation sites is 1. The summed E-state index contributed by atoms with van der Waals surface area (Å²) in [4.78, 5) is 15.2. The minimum Gasteiger partial charge on any atom is -0.545 e. The Balaban J connectivity index is 1.77. The number of anilines is 1. The van der Waals surface area contributed by atoms with Crippen LogP contribution in [0, 0.1) is 0 Å². The zero-order valence-corrected chi connectivity index (χ0v) is 12.6. The van der Waals surface area contributed by atoms with Crippen LogP contribution in [0.25, 0.3) is 10.2 Å². The number of carboxylic acids is 1. The van der Waals surface area contributed by atoms with Gasteiger partial charge in [-0.15, -0.1) is 11.3 Å². The summed E-state index contributed by atoms with van der Waals surface area (Å²) in [6.07, 6.45) is 0. The minimum absolute atomic E-state index is 0.137. The molecule has 0 saturated carbocycles. The van der Waals surface area contributed by atoms with Gasteiger partial charge in [0.1, 0.15) is 5.01 Å². The molecule has 0 saturated heterocycles. The molecular formula is C16H12N3O2S-. The van der Waals surface area contributed by atoms with Crippen molar-refractivity contribution in [2.45, 2.75) is 6.92 Å². The van der Waals surface area contributed by atoms with Crippen LogP contribution in [0.5, 0.6) is 0 Å². The highest BCUT2D eigenvalue weighted by Gasteiger charge is 2.05. The summed E-state index contributed by atoms with van der Waals surface area (Å²) < 4.78 is 1.12. The van der Waals surface area contributed by atoms with Crippen LogP contribution in [0.1, 0.15) is 22.3 Å². The average molecular weight is 310 g/mol. The second-order valence-electron chi connectivity index (χ2n) is 4.66. The average Bonchev–Trinajstić information content (AvgIpc) is 2.97. The van der Waals surface area contributed by atoms with E-state index >= 15 is 0 Å². The highest BCUT2D eigenvalue weighted by molar-refractivity contribution is 7.20. The number of aromatic carboxylic acids is 1. The Morgan fingerprint density at radius 2 is 1.91 bits per heavy atom. The van der Waals surface area contributed by atoms with Crippen LogP contribution in [0.2, 0.25) is 0 Å². The highest BCUT2D eigenvalue weighted by Crippen LogP contribution is 2.22. The molecule has 3 aromatic rings. The van der Waals surface area contributed by atoms with Crippen molar-refractivity contribution in [3.63, 3.8) is 0 Å². The number of carboxylic acid groups (broad SMARTS) is 1. The summed E-state index contributed by atoms with van der Waals surface area (Å²) in [5.74, 6) is -1.19. The Kier molecular flexibility index (Phi) is 3.84. The molecule has 3 rings (SSSR count). The predicted octanol–water partition coefficient (Wildman–Crippen LogP) is 2.50. The zero-order valence-electron chi connectivity index (χ0n) is 11.7. The smallest absolute Gasteiger partial charge is 0.140 e. The minimum atomic E-state index is -1.19. The zero-order chi connectivity index (χ0) is 15.5. The number of thiazole rings is 1. The van der Waals surface area contributed by atoms with Gasteiger partial charge in [0.2, 0.25) is 0 Å². The number of fused-ring (bicyclic) bond motifs is 1. The lowest BCUT2D eigenvalue weighted by molar-refractivity contribution is -0.255. The maximum atomic E-state index is 10.7. The molecule has 1 aromatic heterocycles. The summed E-state index contributed by atoms with van der Waals surface area (Å²) >= 11 is 1.58. The second-order valence-corrected chi connectivity index (χ2v) is 5.69. The van der Waals surface area contributed by atoms with Gasteiger partial charge in [-0.05, 0) is 36.8 Å². The van der Waals surface area contributed by atoms with E-state index < -0.39 is 5.97 Å². The summed E-state index contributed by atoms with van der Waals surface area (Å²) in [6.45, 7) is 1.88. The molecule has 0 unspecified atom stereocenters. The highest BCUT2D eigenvalue weighted by atomic mass is 32.1. The van der Waals surface area contributed by atoms with E-state index in [0.717, 1.165) is 20.9 Å². The number of hydrogen-bond acceptors (Lipinski definition) is 6. The first-order valence-corrected chi connectivity index (χ1v) is 7.43. The van der Waals surface area contributed by atoms with Crippen LogP contribution in [0.3, 0.4) is 0 Å². The van der Waals surface area contributed by atoms with Crippen molar-refractivity contribution < 1.29 is 9.90 Å². The van der Waals surface area contributed by atoms with Gasteiger partial charge in [0.25, 0.3) is 0 Å². The SMILES string of the molecule is C/C(=N/Nc1ccc(C(=O)[O-])cc1)c1nc2ccccc2s1. The van der Waals surface area contributed by atoms with E-state index in [2.05, 4.69) is 15.5 Å². The van der Waals surface area contributed by atoms with E-state index in [9.17, 15) is 9.90 Å². The first kappa shape index (κ1) is 14.2. The van der Waals surface area contributed by atoms with Gasteiger partial charge in [0.15, 0.2) is 0 Å². The van der Waals surface area contributed by atoms with Crippen LogP contribution in [-0.4, -0.2) is 16.7 Å². The molecule has 0 fully saturated rings. The fourth-order valence-electron chi connectivity index (χ4n) is 1.90. The Labute approximate surface area is 130 Å². The second kappa shape index (κ2) is 5.95. The van der Waals surface area contributed by atoms with Crippen LogP contribution >= 0.6 is 11.3 Å². The Morgan fingerprint density at radius 1 is 1.18 bits per heavy atom. The molecule has 0 bridgehead atoms. The summed E-state index contributed by atoms with van der Waals surface area (Å²) in [7, 11) is 0. The number of aromatic nitrogens is 1. The lowest BCUT2D eigenvalue weighted by Crippen LogP contribution is -2.21. The Morgan fingerprint density at radius 3 is 2.59 bits per heavy atom. The van der Waals surface area contributed by atoms with Crippen molar-refractivity contribution in [1.82, 2.24) is 4.98 Å². The van der Waals surface area contributed by atoms with Crippen molar-refractivity contribution in [3.05, 3.63) is 59.1 Å². The first-order valence-electron chi connectivity index (χ1n) is 6.61. The van der Waals surface area contributed by atoms with Gasteiger partial charge in [0, 0.05) is 0 Å². The summed E-state index contributed by atoms with van der Waals surface area (Å²) in [5, 5.41) is 15.8. The quantitative estimate of drug-likeness (QED) is 0.593.